The molecule has 1 amide bonds. The lowest BCUT2D eigenvalue weighted by molar-refractivity contribution is 0.0949. The summed E-state index contributed by atoms with van der Waals surface area (Å²) in [5.74, 6) is 5.15. The summed E-state index contributed by atoms with van der Waals surface area (Å²) in [6.45, 7) is 2.39. The number of benzene rings is 2. The second kappa shape index (κ2) is 6.41. The minimum Gasteiger partial charge on any atom is -0.488 e. The van der Waals surface area contributed by atoms with Crippen molar-refractivity contribution in [3.8, 4) is 5.75 Å². The molecular formula is C15H15ClN2O2. The monoisotopic (exact) mass is 290 g/mol. The van der Waals surface area contributed by atoms with Crippen LogP contribution in [-0.4, -0.2) is 5.91 Å². The first kappa shape index (κ1) is 14.4. The lowest BCUT2D eigenvalue weighted by atomic mass is 10.1. The Labute approximate surface area is 122 Å². The molecule has 5 heteroatoms. The number of hydrogen-bond acceptors (Lipinski definition) is 3. The van der Waals surface area contributed by atoms with Crippen LogP contribution in [0.5, 0.6) is 5.75 Å². The van der Waals surface area contributed by atoms with Crippen molar-refractivity contribution in [2.24, 2.45) is 5.84 Å². The van der Waals surface area contributed by atoms with Gasteiger partial charge < -0.3 is 4.74 Å². The summed E-state index contributed by atoms with van der Waals surface area (Å²) >= 11 is 5.88. The first-order valence-corrected chi connectivity index (χ1v) is 6.47. The fraction of sp³-hybridized carbons (Fsp3) is 0.133. The average Bonchev–Trinajstić information content (AvgIpc) is 2.46. The minimum atomic E-state index is -0.439. The molecule has 0 fully saturated rings. The maximum absolute atomic E-state index is 11.7. The fourth-order valence-electron chi connectivity index (χ4n) is 1.73. The third-order valence-corrected chi connectivity index (χ3v) is 3.07. The molecule has 0 atom stereocenters. The third-order valence-electron chi connectivity index (χ3n) is 2.83. The zero-order valence-electron chi connectivity index (χ0n) is 11.0. The summed E-state index contributed by atoms with van der Waals surface area (Å²) in [4.78, 5) is 11.7. The highest BCUT2D eigenvalue weighted by Gasteiger charge is 2.12. The molecule has 4 nitrogen and oxygen atoms in total. The molecule has 0 bridgehead atoms. The number of carbonyl (C=O) groups excluding carboxylic acids is 1. The number of hydrogen-bond donors (Lipinski definition) is 2. The number of amides is 1. The van der Waals surface area contributed by atoms with Crippen molar-refractivity contribution in [3.05, 3.63) is 64.2 Å². The van der Waals surface area contributed by atoms with Crippen molar-refractivity contribution in [2.75, 3.05) is 0 Å². The van der Waals surface area contributed by atoms with Gasteiger partial charge in [-0.25, -0.2) is 5.84 Å². The van der Waals surface area contributed by atoms with Crippen molar-refractivity contribution < 1.29 is 9.53 Å². The van der Waals surface area contributed by atoms with Gasteiger partial charge in [0, 0.05) is 5.02 Å². The van der Waals surface area contributed by atoms with Crippen LogP contribution in [0.2, 0.25) is 5.02 Å². The highest BCUT2D eigenvalue weighted by atomic mass is 35.5. The van der Waals surface area contributed by atoms with E-state index in [-0.39, 0.29) is 0 Å². The smallest absolute Gasteiger partial charge is 0.268 e. The molecular weight excluding hydrogens is 276 g/mol. The van der Waals surface area contributed by atoms with Crippen LogP contribution < -0.4 is 16.0 Å². The zero-order valence-corrected chi connectivity index (χ0v) is 11.8. The van der Waals surface area contributed by atoms with Crippen molar-refractivity contribution in [1.29, 1.82) is 0 Å². The molecule has 0 saturated carbocycles. The molecule has 20 heavy (non-hydrogen) atoms. The third kappa shape index (κ3) is 3.50. The number of halogens is 1. The molecule has 0 radical (unpaired) electrons. The van der Waals surface area contributed by atoms with Gasteiger partial charge in [-0.3, -0.25) is 10.2 Å². The van der Waals surface area contributed by atoms with Crippen LogP contribution in [-0.2, 0) is 6.61 Å². The first-order chi connectivity index (χ1) is 9.60. The van der Waals surface area contributed by atoms with Crippen LogP contribution in [0.4, 0.5) is 0 Å². The summed E-state index contributed by atoms with van der Waals surface area (Å²) in [5.41, 5.74) is 4.59. The van der Waals surface area contributed by atoms with E-state index < -0.39 is 5.91 Å². The molecule has 0 spiro atoms. The molecule has 0 heterocycles. The van der Waals surface area contributed by atoms with Crippen LogP contribution in [0.15, 0.2) is 42.5 Å². The van der Waals surface area contributed by atoms with E-state index in [1.165, 1.54) is 11.6 Å². The molecule has 0 unspecified atom stereocenters. The highest BCUT2D eigenvalue weighted by Crippen LogP contribution is 2.23. The van der Waals surface area contributed by atoms with Gasteiger partial charge in [-0.1, -0.05) is 41.4 Å². The Morgan fingerprint density at radius 2 is 1.95 bits per heavy atom. The van der Waals surface area contributed by atoms with E-state index in [0.29, 0.717) is 22.9 Å². The summed E-state index contributed by atoms with van der Waals surface area (Å²) < 4.78 is 5.67. The number of rotatable bonds is 4. The zero-order chi connectivity index (χ0) is 14.5. The van der Waals surface area contributed by atoms with Gasteiger partial charge >= 0.3 is 0 Å². The van der Waals surface area contributed by atoms with Gasteiger partial charge in [-0.2, -0.15) is 0 Å². The molecule has 2 rings (SSSR count). The van der Waals surface area contributed by atoms with E-state index in [1.54, 1.807) is 12.1 Å². The maximum Gasteiger partial charge on any atom is 0.268 e. The standard InChI is InChI=1S/C15H15ClN2O2/c1-10-2-4-11(5-3-10)9-20-14-7-6-12(16)8-13(14)15(19)18-17/h2-8H,9,17H2,1H3,(H,18,19). The van der Waals surface area contributed by atoms with Crippen LogP contribution in [0.1, 0.15) is 21.5 Å². The van der Waals surface area contributed by atoms with Crippen LogP contribution in [0, 0.1) is 6.92 Å². The van der Waals surface area contributed by atoms with Crippen molar-refractivity contribution >= 4 is 17.5 Å². The molecule has 3 N–H and O–H groups in total. The van der Waals surface area contributed by atoms with Gasteiger partial charge in [0.25, 0.3) is 5.91 Å². The Balaban J connectivity index is 2.16. The lowest BCUT2D eigenvalue weighted by Gasteiger charge is -2.11. The Hall–Kier alpha value is -2.04. The van der Waals surface area contributed by atoms with Gasteiger partial charge in [0.15, 0.2) is 0 Å². The second-order valence-electron chi connectivity index (χ2n) is 4.39. The Bertz CT molecular complexity index is 612. The maximum atomic E-state index is 11.7. The Kier molecular flexibility index (Phi) is 4.61. The quantitative estimate of drug-likeness (QED) is 0.517. The predicted octanol–water partition coefficient (Wildman–Crippen LogP) is 2.83. The van der Waals surface area contributed by atoms with E-state index in [9.17, 15) is 4.79 Å². The average molecular weight is 291 g/mol. The van der Waals surface area contributed by atoms with E-state index in [0.717, 1.165) is 5.56 Å². The molecule has 0 aliphatic carbocycles. The van der Waals surface area contributed by atoms with Crippen LogP contribution in [0.3, 0.4) is 0 Å². The fourth-order valence-corrected chi connectivity index (χ4v) is 1.90. The lowest BCUT2D eigenvalue weighted by Crippen LogP contribution is -2.30. The molecule has 2 aromatic rings. The normalized spacial score (nSPS) is 10.2. The number of carbonyl (C=O) groups is 1. The number of nitrogen functional groups attached to an aromatic ring is 1. The van der Waals surface area contributed by atoms with Gasteiger partial charge in [-0.15, -0.1) is 0 Å². The topological polar surface area (TPSA) is 64.3 Å². The van der Waals surface area contributed by atoms with Gasteiger partial charge in [0.05, 0.1) is 5.56 Å². The summed E-state index contributed by atoms with van der Waals surface area (Å²) in [5, 5.41) is 0.450. The van der Waals surface area contributed by atoms with Crippen LogP contribution in [0.25, 0.3) is 0 Å². The summed E-state index contributed by atoms with van der Waals surface area (Å²) in [7, 11) is 0. The van der Waals surface area contributed by atoms with Crippen molar-refractivity contribution in [1.82, 2.24) is 5.43 Å². The highest BCUT2D eigenvalue weighted by molar-refractivity contribution is 6.31. The van der Waals surface area contributed by atoms with E-state index in [1.807, 2.05) is 31.2 Å². The van der Waals surface area contributed by atoms with Crippen LogP contribution >= 0.6 is 11.6 Å². The molecule has 0 aromatic heterocycles. The summed E-state index contributed by atoms with van der Waals surface area (Å²) in [6.07, 6.45) is 0. The van der Waals surface area contributed by atoms with E-state index in [2.05, 4.69) is 5.43 Å². The van der Waals surface area contributed by atoms with E-state index >= 15 is 0 Å². The van der Waals surface area contributed by atoms with Crippen molar-refractivity contribution in [3.63, 3.8) is 0 Å². The number of ether oxygens (including phenoxy) is 1. The van der Waals surface area contributed by atoms with Gasteiger partial charge in [-0.05, 0) is 30.7 Å². The van der Waals surface area contributed by atoms with Crippen molar-refractivity contribution in [2.45, 2.75) is 13.5 Å². The van der Waals surface area contributed by atoms with E-state index in [4.69, 9.17) is 22.2 Å². The number of nitrogens with two attached hydrogens (primary N) is 1. The molecule has 0 aliphatic heterocycles. The first-order valence-electron chi connectivity index (χ1n) is 6.09. The minimum absolute atomic E-state index is 0.312. The number of nitrogens with one attached hydrogen (secondary N) is 1. The Morgan fingerprint density at radius 3 is 2.60 bits per heavy atom. The number of hydrazine groups is 1. The van der Waals surface area contributed by atoms with Gasteiger partial charge in [0.1, 0.15) is 12.4 Å². The summed E-state index contributed by atoms with van der Waals surface area (Å²) in [6, 6.07) is 12.8. The molecule has 104 valence electrons. The molecule has 0 saturated heterocycles. The number of aryl methyl sites for hydroxylation is 1. The van der Waals surface area contributed by atoms with Gasteiger partial charge in [0.2, 0.25) is 0 Å². The largest absolute Gasteiger partial charge is 0.488 e. The molecule has 2 aromatic carbocycles. The Morgan fingerprint density at radius 1 is 1.25 bits per heavy atom. The molecule has 0 aliphatic rings. The predicted molar refractivity (Wildman–Crippen MR) is 78.6 cm³/mol. The SMILES string of the molecule is Cc1ccc(COc2ccc(Cl)cc2C(=O)NN)cc1. The second-order valence-corrected chi connectivity index (χ2v) is 4.82.